The summed E-state index contributed by atoms with van der Waals surface area (Å²) in [4.78, 5) is 9.57. The van der Waals surface area contributed by atoms with Crippen molar-refractivity contribution in [2.75, 3.05) is 39.6 Å². The summed E-state index contributed by atoms with van der Waals surface area (Å²) < 4.78 is 13.5. The predicted molar refractivity (Wildman–Crippen MR) is 55.0 cm³/mol. The van der Waals surface area contributed by atoms with Crippen molar-refractivity contribution in [2.45, 2.75) is 13.8 Å². The van der Waals surface area contributed by atoms with Crippen molar-refractivity contribution in [3.63, 3.8) is 0 Å². The molecule has 0 atom stereocenters. The van der Waals surface area contributed by atoms with Crippen LogP contribution in [0.2, 0.25) is 0 Å². The number of hydrogen-bond acceptors (Lipinski definition) is 6. The van der Waals surface area contributed by atoms with Crippen LogP contribution in [0.4, 0.5) is 4.79 Å². The summed E-state index contributed by atoms with van der Waals surface area (Å²) in [5, 5.41) is 19.1. The molecule has 0 aliphatic heterocycles. The van der Waals surface area contributed by atoms with E-state index in [0.29, 0.717) is 26.4 Å². The summed E-state index contributed by atoms with van der Waals surface area (Å²) in [5.41, 5.74) is 0. The maximum atomic E-state index is 9.57. The third-order valence-electron chi connectivity index (χ3n) is 1.08. The van der Waals surface area contributed by atoms with Crippen LogP contribution in [0.5, 0.6) is 0 Å². The summed E-state index contributed by atoms with van der Waals surface area (Å²) in [6, 6.07) is 0. The molecule has 0 aromatic rings. The van der Waals surface area contributed by atoms with Crippen LogP contribution in [0.1, 0.15) is 13.8 Å². The van der Waals surface area contributed by atoms with Crippen molar-refractivity contribution >= 4 is 43.9 Å². The van der Waals surface area contributed by atoms with Crippen LogP contribution < -0.4 is 10.2 Å². The zero-order chi connectivity index (χ0) is 11.9. The van der Waals surface area contributed by atoms with E-state index < -0.39 is 6.16 Å². The van der Waals surface area contributed by atoms with Gasteiger partial charge in [-0.05, 0) is 13.8 Å². The molecule has 0 heterocycles. The molecule has 0 fully saturated rings. The van der Waals surface area contributed by atoms with E-state index in [1.807, 2.05) is 13.8 Å². The summed E-state index contributed by atoms with van der Waals surface area (Å²) in [7, 11) is 0. The molecule has 0 saturated carbocycles. The molecule has 16 heavy (non-hydrogen) atoms. The SMILES string of the molecule is CCOCCOC(=O)[O-].CCOCC[O-].[Ca+2]. The van der Waals surface area contributed by atoms with E-state index in [0.717, 1.165) is 0 Å². The van der Waals surface area contributed by atoms with Gasteiger partial charge in [-0.15, -0.1) is 6.61 Å². The molecule has 0 aliphatic carbocycles. The van der Waals surface area contributed by atoms with E-state index in [4.69, 9.17) is 4.74 Å². The Morgan fingerprint density at radius 2 is 1.56 bits per heavy atom. The van der Waals surface area contributed by atoms with E-state index in [1.54, 1.807) is 0 Å². The summed E-state index contributed by atoms with van der Waals surface area (Å²) >= 11 is 0. The van der Waals surface area contributed by atoms with Crippen molar-refractivity contribution < 1.29 is 29.2 Å². The van der Waals surface area contributed by atoms with E-state index in [2.05, 4.69) is 9.47 Å². The van der Waals surface area contributed by atoms with Crippen LogP contribution in [0, 0.1) is 0 Å². The van der Waals surface area contributed by atoms with Gasteiger partial charge in [-0.2, -0.15) is 0 Å². The van der Waals surface area contributed by atoms with Gasteiger partial charge in [0.2, 0.25) is 0 Å². The molecule has 0 N–H and O–H groups in total. The number of ether oxygens (including phenoxy) is 3. The van der Waals surface area contributed by atoms with E-state index >= 15 is 0 Å². The molecule has 0 spiro atoms. The fourth-order valence-corrected chi connectivity index (χ4v) is 0.532. The Morgan fingerprint density at radius 3 is 1.88 bits per heavy atom. The van der Waals surface area contributed by atoms with E-state index in [-0.39, 0.29) is 51.0 Å². The number of hydrogen-bond donors (Lipinski definition) is 0. The second-order valence-corrected chi connectivity index (χ2v) is 2.20. The van der Waals surface area contributed by atoms with Gasteiger partial charge in [0.1, 0.15) is 0 Å². The molecular formula is C9H18CaO6. The largest absolute Gasteiger partial charge is 2.00 e. The average molecular weight is 262 g/mol. The Balaban J connectivity index is -0.000000214. The van der Waals surface area contributed by atoms with Crippen LogP contribution in [-0.2, 0) is 14.2 Å². The van der Waals surface area contributed by atoms with E-state index in [1.165, 1.54) is 0 Å². The second-order valence-electron chi connectivity index (χ2n) is 2.20. The van der Waals surface area contributed by atoms with Crippen molar-refractivity contribution in [1.82, 2.24) is 0 Å². The van der Waals surface area contributed by atoms with Crippen molar-refractivity contribution in [3.8, 4) is 0 Å². The predicted octanol–water partition coefficient (Wildman–Crippen LogP) is -1.61. The molecule has 92 valence electrons. The molecule has 0 rings (SSSR count). The van der Waals surface area contributed by atoms with Gasteiger partial charge in [0.05, 0.1) is 13.2 Å². The normalized spacial score (nSPS) is 8.44. The summed E-state index contributed by atoms with van der Waals surface area (Å²) in [6.07, 6.45) is -1.50. The minimum atomic E-state index is -1.50. The maximum absolute atomic E-state index is 9.57. The topological polar surface area (TPSA) is 90.9 Å². The number of carboxylic acid groups (broad SMARTS) is 1. The van der Waals surface area contributed by atoms with Crippen LogP contribution >= 0.6 is 0 Å². The van der Waals surface area contributed by atoms with E-state index in [9.17, 15) is 15.0 Å². The van der Waals surface area contributed by atoms with Crippen LogP contribution in [0.3, 0.4) is 0 Å². The maximum Gasteiger partial charge on any atom is 2.00 e. The molecular weight excluding hydrogens is 244 g/mol. The average Bonchev–Trinajstić information content (AvgIpc) is 2.22. The van der Waals surface area contributed by atoms with Crippen LogP contribution in [-0.4, -0.2) is 83.5 Å². The zero-order valence-electron chi connectivity index (χ0n) is 9.90. The first-order chi connectivity index (χ1) is 7.18. The zero-order valence-corrected chi connectivity index (χ0v) is 12.1. The first-order valence-corrected chi connectivity index (χ1v) is 4.76. The van der Waals surface area contributed by atoms with Gasteiger partial charge in [-0.3, -0.25) is 0 Å². The van der Waals surface area contributed by atoms with Crippen LogP contribution in [0.25, 0.3) is 0 Å². The van der Waals surface area contributed by atoms with Gasteiger partial charge in [-0.25, -0.2) is 0 Å². The Kier molecular flexibility index (Phi) is 28.1. The van der Waals surface area contributed by atoms with Gasteiger partial charge >= 0.3 is 37.7 Å². The van der Waals surface area contributed by atoms with Crippen LogP contribution in [0.15, 0.2) is 0 Å². The van der Waals surface area contributed by atoms with Gasteiger partial charge < -0.3 is 29.2 Å². The minimum Gasteiger partial charge on any atom is -0.853 e. The molecule has 0 aliphatic rings. The molecule has 0 bridgehead atoms. The minimum absolute atomic E-state index is 0. The van der Waals surface area contributed by atoms with Crippen molar-refractivity contribution in [2.24, 2.45) is 0 Å². The molecule has 7 heteroatoms. The molecule has 0 saturated heterocycles. The Hall–Kier alpha value is 0.410. The summed E-state index contributed by atoms with van der Waals surface area (Å²) in [6.45, 7) is 5.50. The first-order valence-electron chi connectivity index (χ1n) is 4.76. The Morgan fingerprint density at radius 1 is 1.06 bits per heavy atom. The fraction of sp³-hybridized carbons (Fsp3) is 0.889. The standard InChI is InChI=1S/C5H10O4.C4H9O2.Ca/c1-2-8-3-4-9-5(6)7;1-2-6-4-3-5;/h2-4H2,1H3,(H,6,7);2-4H2,1H3;/q;-1;+2/p-1. The summed E-state index contributed by atoms with van der Waals surface area (Å²) in [5.74, 6) is 0. The molecule has 0 radical (unpaired) electrons. The van der Waals surface area contributed by atoms with Gasteiger partial charge in [-0.1, -0.05) is 0 Å². The Labute approximate surface area is 126 Å². The third kappa shape index (κ3) is 29.3. The Bertz CT molecular complexity index is 129. The second kappa shape index (κ2) is 20.8. The molecule has 0 amide bonds. The van der Waals surface area contributed by atoms with Gasteiger partial charge in [0.25, 0.3) is 6.16 Å². The third-order valence-corrected chi connectivity index (χ3v) is 1.08. The molecule has 0 aromatic carbocycles. The smallest absolute Gasteiger partial charge is 0.853 e. The van der Waals surface area contributed by atoms with Gasteiger partial charge in [0, 0.05) is 19.8 Å². The molecule has 0 unspecified atom stereocenters. The monoisotopic (exact) mass is 262 g/mol. The quantitative estimate of drug-likeness (QED) is 0.311. The number of carbonyl (C=O) groups is 1. The van der Waals surface area contributed by atoms with Crippen molar-refractivity contribution in [3.05, 3.63) is 0 Å². The number of carbonyl (C=O) groups excluding carboxylic acids is 1. The number of rotatable bonds is 7. The van der Waals surface area contributed by atoms with Gasteiger partial charge in [0.15, 0.2) is 0 Å². The fourth-order valence-electron chi connectivity index (χ4n) is 0.532. The molecule has 6 nitrogen and oxygen atoms in total. The molecule has 0 aromatic heterocycles. The first kappa shape index (κ1) is 21.7. The van der Waals surface area contributed by atoms with Crippen molar-refractivity contribution in [1.29, 1.82) is 0 Å².